The van der Waals surface area contributed by atoms with Crippen molar-refractivity contribution in [2.75, 3.05) is 42.5 Å². The lowest BCUT2D eigenvalue weighted by Crippen LogP contribution is -2.54. The number of rotatable bonds is 8. The zero-order valence-electron chi connectivity index (χ0n) is 22.2. The summed E-state index contributed by atoms with van der Waals surface area (Å²) in [5, 5.41) is 6.00. The van der Waals surface area contributed by atoms with Crippen LogP contribution in [0.3, 0.4) is 0 Å². The van der Waals surface area contributed by atoms with E-state index in [-0.39, 0.29) is 5.91 Å². The lowest BCUT2D eigenvalue weighted by Gasteiger charge is -2.39. The molecule has 194 valence electrons. The van der Waals surface area contributed by atoms with Crippen LogP contribution in [0, 0.1) is 13.8 Å². The summed E-state index contributed by atoms with van der Waals surface area (Å²) in [4.78, 5) is 16.7. The van der Waals surface area contributed by atoms with Crippen molar-refractivity contribution in [3.05, 3.63) is 84.2 Å². The second-order valence-electron chi connectivity index (χ2n) is 9.64. The van der Waals surface area contributed by atoms with Gasteiger partial charge in [-0.1, -0.05) is 62.1 Å². The lowest BCUT2D eigenvalue weighted by atomic mass is 9.87. The first kappa shape index (κ1) is 27.3. The van der Waals surface area contributed by atoms with Crippen molar-refractivity contribution in [1.29, 1.82) is 0 Å². The summed E-state index contributed by atoms with van der Waals surface area (Å²) in [6.07, 6.45) is 8.29. The van der Waals surface area contributed by atoms with Gasteiger partial charge in [-0.15, -0.1) is 0 Å². The fourth-order valence-corrected chi connectivity index (χ4v) is 4.97. The van der Waals surface area contributed by atoms with E-state index in [0.29, 0.717) is 12.4 Å². The molecule has 6 heteroatoms. The maximum atomic E-state index is 12.0. The predicted molar refractivity (Wildman–Crippen MR) is 152 cm³/mol. The topological polar surface area (TPSA) is 73.6 Å². The normalized spacial score (nSPS) is 16.5. The van der Waals surface area contributed by atoms with Gasteiger partial charge in [-0.3, -0.25) is 4.79 Å². The van der Waals surface area contributed by atoms with Crippen LogP contribution in [0.1, 0.15) is 43.7 Å². The molecule has 2 fully saturated rings. The average molecular weight is 490 g/mol. The number of hydrogen-bond acceptors (Lipinski definition) is 5. The Hall–Kier alpha value is -3.25. The smallest absolute Gasteiger partial charge is 0.251 e. The maximum absolute atomic E-state index is 12.0. The summed E-state index contributed by atoms with van der Waals surface area (Å²) < 4.78 is 0. The number of nitrogens with two attached hydrogens (primary N) is 1. The number of allylic oxidation sites excluding steroid dienone is 1. The number of carbonyl (C=O) groups excluding carboxylic acids is 1. The molecule has 2 aromatic carbocycles. The number of benzene rings is 2. The Morgan fingerprint density at radius 1 is 1.03 bits per heavy atom. The van der Waals surface area contributed by atoms with Crippen LogP contribution in [0.2, 0.25) is 0 Å². The first-order valence-corrected chi connectivity index (χ1v) is 13.1. The quantitative estimate of drug-likeness (QED) is 0.471. The van der Waals surface area contributed by atoms with Gasteiger partial charge in [-0.25, -0.2) is 0 Å². The standard InChI is InChI=1S/C15H19N3O.C15H24N2/c1-11-5-3-4-6-13(11)18-9-7-15(8-10-18)14(19)16-12(2)17-15;1-3-4-5-8-12-17(13-11-16)15-10-7-6-9-14(15)2/h3-6,17H,2,7-10H2,1H3,(H,16,19);4-7,9-10H,3,8,11-13,16H2,1-2H3. The summed E-state index contributed by atoms with van der Waals surface area (Å²) in [6.45, 7) is 14.7. The minimum Gasteiger partial charge on any atom is -0.371 e. The molecule has 0 bridgehead atoms. The highest BCUT2D eigenvalue weighted by atomic mass is 16.2. The monoisotopic (exact) mass is 489 g/mol. The molecule has 4 rings (SSSR count). The van der Waals surface area contributed by atoms with Crippen LogP contribution in [0.4, 0.5) is 11.4 Å². The van der Waals surface area contributed by atoms with Crippen molar-refractivity contribution >= 4 is 17.3 Å². The van der Waals surface area contributed by atoms with Crippen molar-refractivity contribution in [2.45, 2.75) is 52.0 Å². The number of para-hydroxylation sites is 2. The van der Waals surface area contributed by atoms with Crippen LogP contribution in [0.15, 0.2) is 73.1 Å². The molecule has 6 nitrogen and oxygen atoms in total. The Labute approximate surface area is 217 Å². The van der Waals surface area contributed by atoms with E-state index in [0.717, 1.165) is 51.9 Å². The Balaban J connectivity index is 0.000000202. The fraction of sp³-hybridized carbons (Fsp3) is 0.433. The summed E-state index contributed by atoms with van der Waals surface area (Å²) in [6, 6.07) is 16.9. The second kappa shape index (κ2) is 13.2. The molecule has 0 atom stereocenters. The number of nitrogens with one attached hydrogen (secondary N) is 2. The third kappa shape index (κ3) is 6.91. The summed E-state index contributed by atoms with van der Waals surface area (Å²) >= 11 is 0. The molecular weight excluding hydrogens is 446 g/mol. The minimum absolute atomic E-state index is 0.0712. The highest BCUT2D eigenvalue weighted by Crippen LogP contribution is 2.31. The van der Waals surface area contributed by atoms with Crippen molar-refractivity contribution < 1.29 is 4.79 Å². The van der Waals surface area contributed by atoms with E-state index in [1.807, 2.05) is 0 Å². The largest absolute Gasteiger partial charge is 0.371 e. The molecule has 4 N–H and O–H groups in total. The minimum atomic E-state index is -0.434. The molecule has 1 amide bonds. The molecular formula is C30H43N5O. The zero-order chi connectivity index (χ0) is 26.0. The lowest BCUT2D eigenvalue weighted by molar-refractivity contribution is -0.124. The third-order valence-corrected chi connectivity index (χ3v) is 6.99. The van der Waals surface area contributed by atoms with Crippen molar-refractivity contribution in [1.82, 2.24) is 10.6 Å². The van der Waals surface area contributed by atoms with E-state index in [4.69, 9.17) is 5.73 Å². The van der Waals surface area contributed by atoms with Gasteiger partial charge < -0.3 is 26.2 Å². The van der Waals surface area contributed by atoms with Crippen molar-refractivity contribution in [2.24, 2.45) is 5.73 Å². The van der Waals surface area contributed by atoms with Gasteiger partial charge in [0.25, 0.3) is 5.91 Å². The summed E-state index contributed by atoms with van der Waals surface area (Å²) in [7, 11) is 0. The maximum Gasteiger partial charge on any atom is 0.251 e. The zero-order valence-corrected chi connectivity index (χ0v) is 22.2. The number of amides is 1. The number of anilines is 2. The van der Waals surface area contributed by atoms with E-state index < -0.39 is 5.54 Å². The first-order valence-electron chi connectivity index (χ1n) is 13.1. The van der Waals surface area contributed by atoms with Crippen LogP contribution in [0.25, 0.3) is 0 Å². The Kier molecular flexibility index (Phi) is 10.00. The second-order valence-corrected chi connectivity index (χ2v) is 9.64. The fourth-order valence-electron chi connectivity index (χ4n) is 4.97. The SMILES string of the molecule is C=C1NC(=O)C2(CCN(c3ccccc3C)CC2)N1.CCC=CCCN(CCN)c1ccccc1C. The van der Waals surface area contributed by atoms with Gasteiger partial charge in [0, 0.05) is 44.1 Å². The van der Waals surface area contributed by atoms with Crippen LogP contribution in [-0.2, 0) is 4.79 Å². The Bertz CT molecular complexity index is 1040. The number of nitrogens with zero attached hydrogens (tertiary/aromatic N) is 2. The van der Waals surface area contributed by atoms with Gasteiger partial charge in [0.1, 0.15) is 5.54 Å². The van der Waals surface area contributed by atoms with Gasteiger partial charge >= 0.3 is 0 Å². The Morgan fingerprint density at radius 3 is 2.28 bits per heavy atom. The molecule has 0 unspecified atom stereocenters. The molecule has 2 aliphatic heterocycles. The van der Waals surface area contributed by atoms with Crippen LogP contribution >= 0.6 is 0 Å². The van der Waals surface area contributed by atoms with Gasteiger partial charge in [0.2, 0.25) is 0 Å². The number of carbonyl (C=O) groups is 1. The number of piperidine rings is 1. The molecule has 2 aromatic rings. The predicted octanol–water partition coefficient (Wildman–Crippen LogP) is 4.64. The first-order chi connectivity index (χ1) is 17.4. The van der Waals surface area contributed by atoms with Gasteiger partial charge in [0.15, 0.2) is 0 Å². The molecule has 2 aliphatic rings. The van der Waals surface area contributed by atoms with E-state index >= 15 is 0 Å². The van der Waals surface area contributed by atoms with E-state index in [1.54, 1.807) is 0 Å². The molecule has 2 heterocycles. The molecule has 0 aliphatic carbocycles. The molecule has 0 radical (unpaired) electrons. The van der Waals surface area contributed by atoms with Crippen LogP contribution in [0.5, 0.6) is 0 Å². The molecule has 2 saturated heterocycles. The molecule has 0 aromatic heterocycles. The van der Waals surface area contributed by atoms with E-state index in [1.165, 1.54) is 22.5 Å². The van der Waals surface area contributed by atoms with E-state index in [2.05, 4.69) is 108 Å². The molecule has 36 heavy (non-hydrogen) atoms. The Morgan fingerprint density at radius 2 is 1.69 bits per heavy atom. The highest BCUT2D eigenvalue weighted by Gasteiger charge is 2.45. The number of hydrogen-bond donors (Lipinski definition) is 3. The van der Waals surface area contributed by atoms with Gasteiger partial charge in [-0.2, -0.15) is 0 Å². The molecule has 1 spiro atoms. The van der Waals surface area contributed by atoms with Crippen molar-refractivity contribution in [3.63, 3.8) is 0 Å². The van der Waals surface area contributed by atoms with E-state index in [9.17, 15) is 4.79 Å². The summed E-state index contributed by atoms with van der Waals surface area (Å²) in [5.74, 6) is 0.705. The van der Waals surface area contributed by atoms with Crippen molar-refractivity contribution in [3.8, 4) is 0 Å². The summed E-state index contributed by atoms with van der Waals surface area (Å²) in [5.41, 5.74) is 10.4. The highest BCUT2D eigenvalue weighted by molar-refractivity contribution is 5.91. The number of aryl methyl sites for hydroxylation is 2. The van der Waals surface area contributed by atoms with Crippen LogP contribution < -0.4 is 26.2 Å². The average Bonchev–Trinajstić information content (AvgIpc) is 3.15. The van der Waals surface area contributed by atoms with Gasteiger partial charge in [0.05, 0.1) is 5.82 Å². The third-order valence-electron chi connectivity index (χ3n) is 6.99. The molecule has 0 saturated carbocycles. The van der Waals surface area contributed by atoms with Gasteiger partial charge in [-0.05, 0) is 62.8 Å². The van der Waals surface area contributed by atoms with Crippen LogP contribution in [-0.4, -0.2) is 44.2 Å².